The topological polar surface area (TPSA) is 66.0 Å². The van der Waals surface area contributed by atoms with E-state index in [0.717, 1.165) is 17.8 Å². The van der Waals surface area contributed by atoms with E-state index in [-0.39, 0.29) is 25.0 Å². The van der Waals surface area contributed by atoms with Crippen molar-refractivity contribution in [3.8, 4) is 0 Å². The van der Waals surface area contributed by atoms with Crippen LogP contribution in [0.5, 0.6) is 0 Å². The van der Waals surface area contributed by atoms with E-state index in [1.54, 1.807) is 9.80 Å². The monoisotopic (exact) mass is 448 g/mol. The Balaban J connectivity index is 1.39. The van der Waals surface area contributed by atoms with Gasteiger partial charge in [0.05, 0.1) is 12.2 Å². The third-order valence-corrected chi connectivity index (χ3v) is 5.67. The average Bonchev–Trinajstić information content (AvgIpc) is 2.80. The number of hydrogen-bond acceptors (Lipinski definition) is 5. The molecule has 1 aromatic heterocycles. The van der Waals surface area contributed by atoms with Gasteiger partial charge < -0.3 is 19.4 Å². The fraction of sp³-hybridized carbons (Fsp3) is 0.409. The minimum Gasteiger partial charge on any atom is -0.369 e. The summed E-state index contributed by atoms with van der Waals surface area (Å²) in [4.78, 5) is 34.7. The van der Waals surface area contributed by atoms with Crippen molar-refractivity contribution in [1.82, 2.24) is 14.8 Å². The maximum absolute atomic E-state index is 13.2. The maximum Gasteiger partial charge on any atom is 0.417 e. The van der Waals surface area contributed by atoms with Crippen molar-refractivity contribution in [3.05, 3.63) is 59.8 Å². The van der Waals surface area contributed by atoms with E-state index in [9.17, 15) is 22.8 Å². The van der Waals surface area contributed by atoms with Gasteiger partial charge in [0.2, 0.25) is 11.8 Å². The molecule has 1 aromatic carbocycles. The predicted octanol–water partition coefficient (Wildman–Crippen LogP) is 2.18. The summed E-state index contributed by atoms with van der Waals surface area (Å²) in [6.07, 6.45) is -3.61. The molecule has 0 N–H and O–H groups in total. The smallest absolute Gasteiger partial charge is 0.369 e. The van der Waals surface area contributed by atoms with Gasteiger partial charge in [0, 0.05) is 38.9 Å². The van der Waals surface area contributed by atoms with Crippen LogP contribution in [0.4, 0.5) is 19.0 Å². The quantitative estimate of drug-likeness (QED) is 0.718. The van der Waals surface area contributed by atoms with Gasteiger partial charge in [-0.15, -0.1) is 0 Å². The lowest BCUT2D eigenvalue weighted by Gasteiger charge is -2.41. The molecule has 170 valence electrons. The van der Waals surface area contributed by atoms with Crippen molar-refractivity contribution < 1.29 is 27.5 Å². The van der Waals surface area contributed by atoms with Gasteiger partial charge in [0.1, 0.15) is 18.5 Å². The Morgan fingerprint density at radius 2 is 1.78 bits per heavy atom. The number of carbonyl (C=O) groups is 2. The number of halogens is 3. The molecule has 2 saturated heterocycles. The number of hydrogen-bond donors (Lipinski definition) is 0. The lowest BCUT2D eigenvalue weighted by atomic mass is 10.1. The molecule has 0 radical (unpaired) electrons. The molecule has 7 nitrogen and oxygen atoms in total. The minimum atomic E-state index is -4.43. The molecule has 0 bridgehead atoms. The first kappa shape index (κ1) is 22.1. The Hall–Kier alpha value is -3.14. The fourth-order valence-corrected chi connectivity index (χ4v) is 3.90. The first-order valence-corrected chi connectivity index (χ1v) is 10.3. The number of carbonyl (C=O) groups excluding carboxylic acids is 2. The molecule has 3 heterocycles. The molecule has 2 aliphatic heterocycles. The van der Waals surface area contributed by atoms with E-state index in [4.69, 9.17) is 4.74 Å². The van der Waals surface area contributed by atoms with Crippen LogP contribution in [0.25, 0.3) is 0 Å². The third kappa shape index (κ3) is 4.85. The number of alkyl halides is 3. The SMILES string of the molecule is O=C([C@@H]1COCC(=O)N1Cc1ccccc1)N1CCN(c2ccc(C(F)(F)F)cn2)CC1. The zero-order valence-corrected chi connectivity index (χ0v) is 17.3. The summed E-state index contributed by atoms with van der Waals surface area (Å²) in [7, 11) is 0. The predicted molar refractivity (Wildman–Crippen MR) is 110 cm³/mol. The molecule has 0 spiro atoms. The van der Waals surface area contributed by atoms with Crippen molar-refractivity contribution in [3.63, 3.8) is 0 Å². The van der Waals surface area contributed by atoms with Crippen LogP contribution in [0.1, 0.15) is 11.1 Å². The molecule has 2 fully saturated rings. The van der Waals surface area contributed by atoms with Gasteiger partial charge >= 0.3 is 6.18 Å². The molecule has 4 rings (SSSR count). The van der Waals surface area contributed by atoms with Gasteiger partial charge in [-0.1, -0.05) is 30.3 Å². The van der Waals surface area contributed by atoms with Crippen molar-refractivity contribution in [2.45, 2.75) is 18.8 Å². The summed E-state index contributed by atoms with van der Waals surface area (Å²) in [6, 6.07) is 11.1. The van der Waals surface area contributed by atoms with Crippen LogP contribution in [-0.2, 0) is 27.0 Å². The van der Waals surface area contributed by atoms with Crippen LogP contribution in [0.2, 0.25) is 0 Å². The number of aromatic nitrogens is 1. The van der Waals surface area contributed by atoms with Crippen molar-refractivity contribution in [2.75, 3.05) is 44.3 Å². The number of morpholine rings is 1. The lowest BCUT2D eigenvalue weighted by Crippen LogP contribution is -2.59. The van der Waals surface area contributed by atoms with E-state index < -0.39 is 17.8 Å². The molecule has 2 amide bonds. The number of piperazine rings is 1. The third-order valence-electron chi connectivity index (χ3n) is 5.67. The van der Waals surface area contributed by atoms with Gasteiger partial charge in [0.25, 0.3) is 0 Å². The number of nitrogens with zero attached hydrogens (tertiary/aromatic N) is 4. The molecular formula is C22H23F3N4O3. The fourth-order valence-electron chi connectivity index (χ4n) is 3.90. The average molecular weight is 448 g/mol. The molecule has 10 heteroatoms. The highest BCUT2D eigenvalue weighted by atomic mass is 19.4. The summed E-state index contributed by atoms with van der Waals surface area (Å²) < 4.78 is 43.6. The standard InChI is InChI=1S/C22H23F3N4O3/c23-22(24,25)17-6-7-19(26-12-17)27-8-10-28(11-9-27)21(31)18-14-32-15-20(30)29(18)13-16-4-2-1-3-5-16/h1-7,12,18H,8-11,13-15H2/t18-/m0/s1. The highest BCUT2D eigenvalue weighted by Gasteiger charge is 2.37. The van der Waals surface area contributed by atoms with Gasteiger partial charge in [0.15, 0.2) is 0 Å². The van der Waals surface area contributed by atoms with Crippen molar-refractivity contribution in [1.29, 1.82) is 0 Å². The lowest BCUT2D eigenvalue weighted by molar-refractivity contribution is -0.160. The summed E-state index contributed by atoms with van der Waals surface area (Å²) in [6.45, 7) is 2.04. The van der Waals surface area contributed by atoms with Crippen molar-refractivity contribution in [2.24, 2.45) is 0 Å². The molecule has 0 unspecified atom stereocenters. The number of rotatable bonds is 4. The van der Waals surface area contributed by atoms with Gasteiger partial charge in [-0.3, -0.25) is 9.59 Å². The second-order valence-corrected chi connectivity index (χ2v) is 7.75. The van der Waals surface area contributed by atoms with Crippen molar-refractivity contribution >= 4 is 17.6 Å². The Kier molecular flexibility index (Phi) is 6.31. The number of benzene rings is 1. The van der Waals surface area contributed by atoms with E-state index in [1.807, 2.05) is 35.2 Å². The van der Waals surface area contributed by atoms with Crippen LogP contribution < -0.4 is 4.90 Å². The normalized spacial score (nSPS) is 19.9. The number of pyridine rings is 1. The number of amides is 2. The Morgan fingerprint density at radius 3 is 2.41 bits per heavy atom. The summed E-state index contributed by atoms with van der Waals surface area (Å²) in [5.74, 6) is 0.0204. The molecule has 2 aromatic rings. The molecule has 0 saturated carbocycles. The van der Waals surface area contributed by atoms with E-state index in [1.165, 1.54) is 6.07 Å². The number of anilines is 1. The molecule has 1 atom stereocenters. The molecule has 0 aliphatic carbocycles. The first-order chi connectivity index (χ1) is 15.3. The molecular weight excluding hydrogens is 425 g/mol. The number of ether oxygens (including phenoxy) is 1. The highest BCUT2D eigenvalue weighted by molar-refractivity contribution is 5.89. The summed E-state index contributed by atoms with van der Waals surface area (Å²) in [5, 5.41) is 0. The van der Waals surface area contributed by atoms with Crippen LogP contribution >= 0.6 is 0 Å². The van der Waals surface area contributed by atoms with Gasteiger partial charge in [-0.25, -0.2) is 4.98 Å². The van der Waals surface area contributed by atoms with E-state index >= 15 is 0 Å². The molecule has 32 heavy (non-hydrogen) atoms. The second-order valence-electron chi connectivity index (χ2n) is 7.75. The largest absolute Gasteiger partial charge is 0.417 e. The van der Waals surface area contributed by atoms with Crippen LogP contribution in [0, 0.1) is 0 Å². The van der Waals surface area contributed by atoms with Crippen LogP contribution in [0.15, 0.2) is 48.7 Å². The Bertz CT molecular complexity index is 945. The Labute approximate surface area is 183 Å². The van der Waals surface area contributed by atoms with E-state index in [2.05, 4.69) is 4.98 Å². The zero-order valence-electron chi connectivity index (χ0n) is 17.3. The first-order valence-electron chi connectivity index (χ1n) is 10.3. The van der Waals surface area contributed by atoms with Gasteiger partial charge in [-0.2, -0.15) is 13.2 Å². The minimum absolute atomic E-state index is 0.0516. The highest BCUT2D eigenvalue weighted by Crippen LogP contribution is 2.29. The van der Waals surface area contributed by atoms with Crippen LogP contribution in [0.3, 0.4) is 0 Å². The maximum atomic E-state index is 13.2. The summed E-state index contributed by atoms with van der Waals surface area (Å²) in [5.41, 5.74) is 0.134. The zero-order chi connectivity index (χ0) is 22.7. The van der Waals surface area contributed by atoms with Crippen LogP contribution in [-0.4, -0.2) is 72.0 Å². The Morgan fingerprint density at radius 1 is 1.06 bits per heavy atom. The summed E-state index contributed by atoms with van der Waals surface area (Å²) >= 11 is 0. The molecule has 2 aliphatic rings. The van der Waals surface area contributed by atoms with E-state index in [0.29, 0.717) is 38.5 Å². The second kappa shape index (κ2) is 9.15. The van der Waals surface area contributed by atoms with Gasteiger partial charge in [-0.05, 0) is 17.7 Å².